The van der Waals surface area contributed by atoms with Gasteiger partial charge in [0.25, 0.3) is 11.5 Å². The van der Waals surface area contributed by atoms with Crippen LogP contribution in [0.3, 0.4) is 0 Å². The SMILES string of the molecule is CNC(=O)c1nn(CN2CCC[C@@H]3CCCC[C@@H]32)c(=O)c2ccccc12. The van der Waals surface area contributed by atoms with Gasteiger partial charge in [-0.15, -0.1) is 0 Å². The van der Waals surface area contributed by atoms with Crippen molar-refractivity contribution in [2.24, 2.45) is 5.92 Å². The van der Waals surface area contributed by atoms with Crippen molar-refractivity contribution in [1.82, 2.24) is 20.0 Å². The first-order valence-corrected chi connectivity index (χ1v) is 9.65. The number of benzene rings is 1. The molecule has 1 saturated heterocycles. The predicted octanol–water partition coefficient (Wildman–Crippen LogP) is 2.37. The maximum Gasteiger partial charge on any atom is 0.275 e. The van der Waals surface area contributed by atoms with E-state index in [4.69, 9.17) is 0 Å². The summed E-state index contributed by atoms with van der Waals surface area (Å²) < 4.78 is 1.49. The summed E-state index contributed by atoms with van der Waals surface area (Å²) in [6, 6.07) is 7.77. The Morgan fingerprint density at radius 3 is 2.69 bits per heavy atom. The first kappa shape index (κ1) is 17.2. The van der Waals surface area contributed by atoms with E-state index < -0.39 is 0 Å². The molecule has 1 aromatic heterocycles. The highest BCUT2D eigenvalue weighted by atomic mass is 16.2. The molecule has 1 saturated carbocycles. The van der Waals surface area contributed by atoms with Crippen molar-refractivity contribution >= 4 is 16.7 Å². The van der Waals surface area contributed by atoms with Gasteiger partial charge in [-0.05, 0) is 37.7 Å². The van der Waals surface area contributed by atoms with E-state index in [2.05, 4.69) is 15.3 Å². The Morgan fingerprint density at radius 2 is 1.88 bits per heavy atom. The zero-order valence-corrected chi connectivity index (χ0v) is 15.3. The Kier molecular flexibility index (Phi) is 4.76. The van der Waals surface area contributed by atoms with Crippen LogP contribution in [0, 0.1) is 5.92 Å². The molecule has 2 fully saturated rings. The molecule has 0 unspecified atom stereocenters. The number of piperidine rings is 1. The van der Waals surface area contributed by atoms with E-state index in [1.165, 1.54) is 43.2 Å². The van der Waals surface area contributed by atoms with Gasteiger partial charge in [-0.1, -0.05) is 31.0 Å². The highest BCUT2D eigenvalue weighted by Gasteiger charge is 2.33. The van der Waals surface area contributed by atoms with Gasteiger partial charge in [-0.25, -0.2) is 4.68 Å². The van der Waals surface area contributed by atoms with Crippen molar-refractivity contribution in [3.8, 4) is 0 Å². The number of hydrogen-bond acceptors (Lipinski definition) is 4. The van der Waals surface area contributed by atoms with Crippen LogP contribution in [0.1, 0.15) is 49.0 Å². The highest BCUT2D eigenvalue weighted by Crippen LogP contribution is 2.35. The summed E-state index contributed by atoms with van der Waals surface area (Å²) in [7, 11) is 1.59. The van der Waals surface area contributed by atoms with Gasteiger partial charge in [0.1, 0.15) is 0 Å². The lowest BCUT2D eigenvalue weighted by Gasteiger charge is -2.44. The minimum absolute atomic E-state index is 0.119. The minimum atomic E-state index is -0.260. The number of amides is 1. The second-order valence-electron chi connectivity index (χ2n) is 7.49. The fourth-order valence-electron chi connectivity index (χ4n) is 4.69. The zero-order valence-electron chi connectivity index (χ0n) is 15.3. The van der Waals surface area contributed by atoms with Crippen molar-refractivity contribution in [2.45, 2.75) is 51.2 Å². The molecule has 1 aliphatic heterocycles. The molecular formula is C20H26N4O2. The molecule has 2 aliphatic rings. The number of rotatable bonds is 3. The summed E-state index contributed by atoms with van der Waals surface area (Å²) in [4.78, 5) is 27.7. The van der Waals surface area contributed by atoms with Crippen LogP contribution in [-0.4, -0.2) is 40.2 Å². The zero-order chi connectivity index (χ0) is 18.1. The topological polar surface area (TPSA) is 67.2 Å². The average Bonchev–Trinajstić information content (AvgIpc) is 2.70. The molecule has 2 aromatic rings. The van der Waals surface area contributed by atoms with Crippen LogP contribution in [0.25, 0.3) is 10.8 Å². The van der Waals surface area contributed by atoms with E-state index in [9.17, 15) is 9.59 Å². The molecule has 0 radical (unpaired) electrons. The molecule has 6 heteroatoms. The van der Waals surface area contributed by atoms with E-state index in [1.54, 1.807) is 19.2 Å². The normalized spacial score (nSPS) is 23.6. The minimum Gasteiger partial charge on any atom is -0.354 e. The molecule has 1 aromatic carbocycles. The first-order valence-electron chi connectivity index (χ1n) is 9.65. The lowest BCUT2D eigenvalue weighted by Crippen LogP contribution is -2.49. The molecule has 1 amide bonds. The van der Waals surface area contributed by atoms with Gasteiger partial charge >= 0.3 is 0 Å². The Balaban J connectivity index is 1.73. The molecule has 138 valence electrons. The van der Waals surface area contributed by atoms with Crippen LogP contribution in [0.4, 0.5) is 0 Å². The van der Waals surface area contributed by atoms with Crippen molar-refractivity contribution in [1.29, 1.82) is 0 Å². The van der Waals surface area contributed by atoms with E-state index in [0.29, 0.717) is 29.2 Å². The van der Waals surface area contributed by atoms with Crippen LogP contribution < -0.4 is 10.9 Å². The van der Waals surface area contributed by atoms with Gasteiger partial charge in [-0.2, -0.15) is 5.10 Å². The summed E-state index contributed by atoms with van der Waals surface area (Å²) in [6.45, 7) is 1.46. The van der Waals surface area contributed by atoms with Gasteiger partial charge in [-0.3, -0.25) is 14.5 Å². The standard InChI is InChI=1S/C20H26N4O2/c1-21-19(25)18-15-9-3-4-10-16(15)20(26)24(22-18)13-23-12-6-8-14-7-2-5-11-17(14)23/h3-4,9-10,14,17H,2,5-8,11-13H2,1H3,(H,21,25)/t14-,17-/m0/s1. The third kappa shape index (κ3) is 3.03. The van der Waals surface area contributed by atoms with Crippen molar-refractivity contribution in [3.63, 3.8) is 0 Å². The number of nitrogens with zero attached hydrogens (tertiary/aromatic N) is 3. The fraction of sp³-hybridized carbons (Fsp3) is 0.550. The van der Waals surface area contributed by atoms with E-state index in [-0.39, 0.29) is 11.5 Å². The van der Waals surface area contributed by atoms with Crippen LogP contribution >= 0.6 is 0 Å². The molecule has 2 heterocycles. The quantitative estimate of drug-likeness (QED) is 0.919. The Labute approximate surface area is 153 Å². The van der Waals surface area contributed by atoms with Crippen molar-refractivity contribution in [2.75, 3.05) is 13.6 Å². The van der Waals surface area contributed by atoms with Crippen LogP contribution in [0.15, 0.2) is 29.1 Å². The lowest BCUT2D eigenvalue weighted by molar-refractivity contribution is 0.0314. The molecule has 26 heavy (non-hydrogen) atoms. The molecule has 1 aliphatic carbocycles. The fourth-order valence-corrected chi connectivity index (χ4v) is 4.69. The first-order chi connectivity index (χ1) is 12.7. The highest BCUT2D eigenvalue weighted by molar-refractivity contribution is 6.04. The number of carbonyl (C=O) groups excluding carboxylic acids is 1. The summed E-state index contributed by atoms with van der Waals surface area (Å²) in [5.74, 6) is 0.483. The number of carbonyl (C=O) groups is 1. The summed E-state index contributed by atoms with van der Waals surface area (Å²) in [5.41, 5.74) is 0.200. The molecule has 0 spiro atoms. The van der Waals surface area contributed by atoms with Crippen molar-refractivity contribution < 1.29 is 4.79 Å². The molecule has 1 N–H and O–H groups in total. The van der Waals surface area contributed by atoms with E-state index in [1.807, 2.05) is 12.1 Å². The molecule has 6 nitrogen and oxygen atoms in total. The van der Waals surface area contributed by atoms with Crippen molar-refractivity contribution in [3.05, 3.63) is 40.3 Å². The average molecular weight is 354 g/mol. The third-order valence-electron chi connectivity index (χ3n) is 5.98. The second kappa shape index (κ2) is 7.19. The summed E-state index contributed by atoms with van der Waals surface area (Å²) >= 11 is 0. The van der Waals surface area contributed by atoms with Gasteiger partial charge < -0.3 is 5.32 Å². The van der Waals surface area contributed by atoms with E-state index >= 15 is 0 Å². The lowest BCUT2D eigenvalue weighted by atomic mass is 9.78. The second-order valence-corrected chi connectivity index (χ2v) is 7.49. The third-order valence-corrected chi connectivity index (χ3v) is 5.98. The largest absolute Gasteiger partial charge is 0.354 e. The number of nitrogens with one attached hydrogen (secondary N) is 1. The monoisotopic (exact) mass is 354 g/mol. The Bertz CT molecular complexity index is 874. The summed E-state index contributed by atoms with van der Waals surface area (Å²) in [6.07, 6.45) is 7.56. The van der Waals surface area contributed by atoms with Gasteiger partial charge in [0.15, 0.2) is 5.69 Å². The maximum atomic E-state index is 13.0. The van der Waals surface area contributed by atoms with E-state index in [0.717, 1.165) is 12.5 Å². The number of fused-ring (bicyclic) bond motifs is 2. The van der Waals surface area contributed by atoms with Crippen LogP contribution in [0.2, 0.25) is 0 Å². The summed E-state index contributed by atoms with van der Waals surface area (Å²) in [5, 5.41) is 8.26. The van der Waals surface area contributed by atoms with Crippen LogP contribution in [-0.2, 0) is 6.67 Å². The maximum absolute atomic E-state index is 13.0. The van der Waals surface area contributed by atoms with Gasteiger partial charge in [0.2, 0.25) is 0 Å². The smallest absolute Gasteiger partial charge is 0.275 e. The molecule has 0 bridgehead atoms. The Hall–Kier alpha value is -2.21. The predicted molar refractivity (Wildman–Crippen MR) is 101 cm³/mol. The van der Waals surface area contributed by atoms with Gasteiger partial charge in [0, 0.05) is 25.0 Å². The molecular weight excluding hydrogens is 328 g/mol. The Morgan fingerprint density at radius 1 is 1.15 bits per heavy atom. The molecule has 4 rings (SSSR count). The molecule has 2 atom stereocenters. The van der Waals surface area contributed by atoms with Crippen LogP contribution in [0.5, 0.6) is 0 Å². The number of likely N-dealkylation sites (tertiary alicyclic amines) is 1. The van der Waals surface area contributed by atoms with Gasteiger partial charge in [0.05, 0.1) is 12.1 Å². The number of hydrogen-bond donors (Lipinski definition) is 1. The number of aromatic nitrogens is 2.